The second-order valence-electron chi connectivity index (χ2n) is 3.54. The van der Waals surface area contributed by atoms with E-state index >= 15 is 0 Å². The molecule has 0 atom stereocenters. The van der Waals surface area contributed by atoms with Gasteiger partial charge in [-0.25, -0.2) is 4.98 Å². The van der Waals surface area contributed by atoms with Gasteiger partial charge in [0.15, 0.2) is 0 Å². The lowest BCUT2D eigenvalue weighted by atomic mass is 10.3. The fourth-order valence-corrected chi connectivity index (χ4v) is 3.41. The summed E-state index contributed by atoms with van der Waals surface area (Å²) in [6.07, 6.45) is 3.38. The summed E-state index contributed by atoms with van der Waals surface area (Å²) in [5, 5.41) is 7.05. The van der Waals surface area contributed by atoms with Gasteiger partial charge in [0.05, 0.1) is 13.7 Å². The Balaban J connectivity index is 1.70. The Bertz CT molecular complexity index is 632. The van der Waals surface area contributed by atoms with E-state index in [0.717, 1.165) is 26.5 Å². The second-order valence-corrected chi connectivity index (χ2v) is 6.98. The molecule has 0 amide bonds. The Hall–Kier alpha value is -1.05. The number of halogens is 1. The summed E-state index contributed by atoms with van der Waals surface area (Å²) in [6.45, 7) is 0. The molecule has 0 spiro atoms. The molecule has 7 heteroatoms. The van der Waals surface area contributed by atoms with Crippen LogP contribution in [0.1, 0.15) is 10.9 Å². The standard InChI is InChI=1S/C11H8BrN3OS2/c12-8-2-1-7(18-8)11-14-9(16-15-11)3-4-10-13-5-6-17-10/h1-2,5-6H,3-4H2. The van der Waals surface area contributed by atoms with E-state index in [-0.39, 0.29) is 0 Å². The first-order chi connectivity index (χ1) is 8.81. The highest BCUT2D eigenvalue weighted by Gasteiger charge is 2.11. The van der Waals surface area contributed by atoms with Gasteiger partial charge in [0.2, 0.25) is 11.7 Å². The maximum Gasteiger partial charge on any atom is 0.227 e. The zero-order valence-electron chi connectivity index (χ0n) is 9.17. The molecule has 0 bridgehead atoms. The second kappa shape index (κ2) is 5.29. The summed E-state index contributed by atoms with van der Waals surface area (Å²) in [7, 11) is 0. The number of nitrogens with zero attached hydrogens (tertiary/aromatic N) is 3. The van der Waals surface area contributed by atoms with Crippen LogP contribution in [0.15, 0.2) is 32.0 Å². The van der Waals surface area contributed by atoms with E-state index in [9.17, 15) is 0 Å². The molecule has 4 nitrogen and oxygen atoms in total. The van der Waals surface area contributed by atoms with Gasteiger partial charge in [0.1, 0.15) is 0 Å². The van der Waals surface area contributed by atoms with E-state index in [1.807, 2.05) is 23.7 Å². The van der Waals surface area contributed by atoms with Gasteiger partial charge < -0.3 is 4.52 Å². The molecule has 0 saturated heterocycles. The third-order valence-electron chi connectivity index (χ3n) is 2.30. The minimum absolute atomic E-state index is 0.653. The van der Waals surface area contributed by atoms with Gasteiger partial charge in [0, 0.05) is 24.4 Å². The Labute approximate surface area is 120 Å². The summed E-state index contributed by atoms with van der Waals surface area (Å²) in [6, 6.07) is 3.95. The third-order valence-corrected chi connectivity index (χ3v) is 4.76. The van der Waals surface area contributed by atoms with Gasteiger partial charge in [-0.3, -0.25) is 0 Å². The van der Waals surface area contributed by atoms with Crippen molar-refractivity contribution < 1.29 is 4.52 Å². The maximum atomic E-state index is 5.23. The minimum atomic E-state index is 0.653. The molecular weight excluding hydrogens is 334 g/mol. The molecule has 0 aliphatic rings. The number of thiophene rings is 1. The predicted molar refractivity (Wildman–Crippen MR) is 74.8 cm³/mol. The molecule has 0 N–H and O–H groups in total. The van der Waals surface area contributed by atoms with Gasteiger partial charge in [0.25, 0.3) is 0 Å². The van der Waals surface area contributed by atoms with Gasteiger partial charge in [-0.05, 0) is 28.1 Å². The summed E-state index contributed by atoms with van der Waals surface area (Å²) in [5.41, 5.74) is 0. The molecule has 3 aromatic heterocycles. The molecule has 0 radical (unpaired) electrons. The van der Waals surface area contributed by atoms with E-state index in [1.165, 1.54) is 0 Å². The number of thiazole rings is 1. The Morgan fingerprint density at radius 3 is 2.94 bits per heavy atom. The fraction of sp³-hybridized carbons (Fsp3) is 0.182. The topological polar surface area (TPSA) is 51.8 Å². The molecule has 0 fully saturated rings. The first kappa shape index (κ1) is 12.0. The highest BCUT2D eigenvalue weighted by molar-refractivity contribution is 9.11. The SMILES string of the molecule is Brc1ccc(-c2noc(CCc3nccs3)n2)s1. The first-order valence-corrected chi connectivity index (χ1v) is 7.77. The molecule has 3 rings (SSSR count). The maximum absolute atomic E-state index is 5.23. The Morgan fingerprint density at radius 1 is 1.28 bits per heavy atom. The average Bonchev–Trinajstić information content (AvgIpc) is 3.07. The van der Waals surface area contributed by atoms with Crippen LogP contribution in [0.3, 0.4) is 0 Å². The number of aryl methyl sites for hydroxylation is 2. The average molecular weight is 342 g/mol. The monoisotopic (exact) mass is 341 g/mol. The fourth-order valence-electron chi connectivity index (χ4n) is 1.48. The van der Waals surface area contributed by atoms with Crippen LogP contribution < -0.4 is 0 Å². The van der Waals surface area contributed by atoms with Crippen LogP contribution in [0, 0.1) is 0 Å². The van der Waals surface area contributed by atoms with E-state index < -0.39 is 0 Å². The third kappa shape index (κ3) is 2.68. The molecule has 0 aliphatic heterocycles. The van der Waals surface area contributed by atoms with Crippen LogP contribution in [-0.4, -0.2) is 15.1 Å². The highest BCUT2D eigenvalue weighted by Crippen LogP contribution is 2.29. The van der Waals surface area contributed by atoms with Crippen molar-refractivity contribution in [3.63, 3.8) is 0 Å². The number of aromatic nitrogens is 3. The first-order valence-electron chi connectivity index (χ1n) is 5.28. The zero-order chi connectivity index (χ0) is 12.4. The van der Waals surface area contributed by atoms with Crippen LogP contribution in [0.25, 0.3) is 10.7 Å². The van der Waals surface area contributed by atoms with E-state index in [0.29, 0.717) is 11.7 Å². The molecule has 3 heterocycles. The molecule has 92 valence electrons. The summed E-state index contributed by atoms with van der Waals surface area (Å²) < 4.78 is 6.30. The molecule has 0 saturated carbocycles. The highest BCUT2D eigenvalue weighted by atomic mass is 79.9. The van der Waals surface area contributed by atoms with Crippen LogP contribution in [-0.2, 0) is 12.8 Å². The van der Waals surface area contributed by atoms with Crippen LogP contribution in [0.2, 0.25) is 0 Å². The summed E-state index contributed by atoms with van der Waals surface area (Å²) in [4.78, 5) is 9.61. The molecule has 0 aromatic carbocycles. The van der Waals surface area contributed by atoms with Gasteiger partial charge in [-0.15, -0.1) is 22.7 Å². The number of hydrogen-bond donors (Lipinski definition) is 0. The van der Waals surface area contributed by atoms with Crippen molar-refractivity contribution in [3.8, 4) is 10.7 Å². The van der Waals surface area contributed by atoms with Crippen molar-refractivity contribution in [2.45, 2.75) is 12.8 Å². The lowest BCUT2D eigenvalue weighted by Gasteiger charge is -1.89. The molecule has 18 heavy (non-hydrogen) atoms. The van der Waals surface area contributed by atoms with Crippen LogP contribution >= 0.6 is 38.6 Å². The largest absolute Gasteiger partial charge is 0.339 e. The molecule has 3 aromatic rings. The van der Waals surface area contributed by atoms with Gasteiger partial charge >= 0.3 is 0 Å². The lowest BCUT2D eigenvalue weighted by Crippen LogP contribution is -1.90. The Kier molecular flexibility index (Phi) is 3.53. The summed E-state index contributed by atoms with van der Waals surface area (Å²) >= 11 is 6.65. The van der Waals surface area contributed by atoms with E-state index in [1.54, 1.807) is 22.7 Å². The molecule has 0 aliphatic carbocycles. The lowest BCUT2D eigenvalue weighted by molar-refractivity contribution is 0.379. The predicted octanol–water partition coefficient (Wildman–Crippen LogP) is 3.80. The van der Waals surface area contributed by atoms with Crippen LogP contribution in [0.5, 0.6) is 0 Å². The van der Waals surface area contributed by atoms with Crippen molar-refractivity contribution in [1.82, 2.24) is 15.1 Å². The van der Waals surface area contributed by atoms with E-state index in [2.05, 4.69) is 31.1 Å². The summed E-state index contributed by atoms with van der Waals surface area (Å²) in [5.74, 6) is 1.31. The number of hydrogen-bond acceptors (Lipinski definition) is 6. The van der Waals surface area contributed by atoms with Gasteiger partial charge in [-0.2, -0.15) is 4.98 Å². The van der Waals surface area contributed by atoms with Crippen LogP contribution in [0.4, 0.5) is 0 Å². The zero-order valence-corrected chi connectivity index (χ0v) is 12.4. The number of rotatable bonds is 4. The van der Waals surface area contributed by atoms with Crippen molar-refractivity contribution >= 4 is 38.6 Å². The molecular formula is C11H8BrN3OS2. The van der Waals surface area contributed by atoms with Crippen molar-refractivity contribution in [2.24, 2.45) is 0 Å². The van der Waals surface area contributed by atoms with E-state index in [4.69, 9.17) is 4.52 Å². The van der Waals surface area contributed by atoms with Crippen molar-refractivity contribution in [3.05, 3.63) is 38.4 Å². The van der Waals surface area contributed by atoms with Crippen molar-refractivity contribution in [2.75, 3.05) is 0 Å². The van der Waals surface area contributed by atoms with Crippen molar-refractivity contribution in [1.29, 1.82) is 0 Å². The Morgan fingerprint density at radius 2 is 2.22 bits per heavy atom. The molecule has 0 unspecified atom stereocenters. The smallest absolute Gasteiger partial charge is 0.227 e. The normalized spacial score (nSPS) is 10.9. The van der Waals surface area contributed by atoms with Gasteiger partial charge in [-0.1, -0.05) is 5.16 Å². The quantitative estimate of drug-likeness (QED) is 0.724. The minimum Gasteiger partial charge on any atom is -0.339 e.